The molecule has 1 fully saturated rings. The quantitative estimate of drug-likeness (QED) is 0.853. The molecule has 1 amide bonds. The number of hydrogen-bond donors (Lipinski definition) is 2. The average molecular weight is 355 g/mol. The zero-order valence-electron chi connectivity index (χ0n) is 14.5. The van der Waals surface area contributed by atoms with Crippen LogP contribution in [0.4, 0.5) is 0 Å². The summed E-state index contributed by atoms with van der Waals surface area (Å²) in [5, 5.41) is 12.0. The van der Waals surface area contributed by atoms with Gasteiger partial charge in [0.15, 0.2) is 0 Å². The van der Waals surface area contributed by atoms with E-state index >= 15 is 0 Å². The molecule has 1 heterocycles. The van der Waals surface area contributed by atoms with Gasteiger partial charge in [0.05, 0.1) is 18.5 Å². The molecule has 24 heavy (non-hydrogen) atoms. The third-order valence-electron chi connectivity index (χ3n) is 4.71. The van der Waals surface area contributed by atoms with Gasteiger partial charge in [-0.25, -0.2) is 0 Å². The first kappa shape index (κ1) is 20.5. The number of carboxylic acids is 1. The lowest BCUT2D eigenvalue weighted by atomic mass is 9.97. The van der Waals surface area contributed by atoms with E-state index in [0.29, 0.717) is 32.5 Å². The molecule has 1 aliphatic rings. The molecule has 1 aliphatic heterocycles. The zero-order chi connectivity index (χ0) is 17.0. The maximum absolute atomic E-state index is 12.2. The number of likely N-dealkylation sites (tertiary alicyclic amines) is 1. The number of carboxylic acid groups (broad SMARTS) is 1. The molecule has 1 unspecified atom stereocenters. The van der Waals surface area contributed by atoms with Crippen LogP contribution in [0.1, 0.15) is 42.5 Å². The van der Waals surface area contributed by atoms with Crippen molar-refractivity contribution in [2.75, 3.05) is 19.6 Å². The maximum atomic E-state index is 12.2. The van der Waals surface area contributed by atoms with Gasteiger partial charge < -0.3 is 10.4 Å². The summed E-state index contributed by atoms with van der Waals surface area (Å²) < 4.78 is 0. The van der Waals surface area contributed by atoms with Crippen LogP contribution < -0.4 is 5.32 Å². The van der Waals surface area contributed by atoms with Crippen LogP contribution in [0.3, 0.4) is 0 Å². The van der Waals surface area contributed by atoms with Crippen molar-refractivity contribution in [2.24, 2.45) is 5.92 Å². The van der Waals surface area contributed by atoms with E-state index in [2.05, 4.69) is 31.3 Å². The second-order valence-electron chi connectivity index (χ2n) is 6.52. The fourth-order valence-electron chi connectivity index (χ4n) is 2.95. The molecule has 6 heteroatoms. The minimum Gasteiger partial charge on any atom is -0.481 e. The highest BCUT2D eigenvalue weighted by molar-refractivity contribution is 5.85. The van der Waals surface area contributed by atoms with Gasteiger partial charge in [0, 0.05) is 0 Å². The van der Waals surface area contributed by atoms with Gasteiger partial charge in [0.1, 0.15) is 0 Å². The first-order valence-corrected chi connectivity index (χ1v) is 8.18. The summed E-state index contributed by atoms with van der Waals surface area (Å²) in [6, 6.07) is 6.20. The lowest BCUT2D eigenvalue weighted by Crippen LogP contribution is -2.43. The number of carbonyl (C=O) groups excluding carboxylic acids is 1. The topological polar surface area (TPSA) is 69.6 Å². The molecule has 0 radical (unpaired) electrons. The van der Waals surface area contributed by atoms with Crippen molar-refractivity contribution in [3.8, 4) is 0 Å². The minimum absolute atomic E-state index is 0. The van der Waals surface area contributed by atoms with Crippen molar-refractivity contribution < 1.29 is 14.7 Å². The molecule has 0 spiro atoms. The molecular weight excluding hydrogens is 328 g/mol. The van der Waals surface area contributed by atoms with Gasteiger partial charge >= 0.3 is 5.97 Å². The highest BCUT2D eigenvalue weighted by atomic mass is 35.5. The summed E-state index contributed by atoms with van der Waals surface area (Å²) >= 11 is 0. The van der Waals surface area contributed by atoms with Crippen LogP contribution >= 0.6 is 12.4 Å². The Kier molecular flexibility index (Phi) is 7.70. The number of hydrogen-bond acceptors (Lipinski definition) is 3. The van der Waals surface area contributed by atoms with Crippen LogP contribution in [-0.4, -0.2) is 41.5 Å². The second kappa shape index (κ2) is 9.04. The number of aryl methyl sites for hydroxylation is 2. The number of halogens is 1. The van der Waals surface area contributed by atoms with Gasteiger partial charge in [-0.15, -0.1) is 12.4 Å². The maximum Gasteiger partial charge on any atom is 0.306 e. The van der Waals surface area contributed by atoms with E-state index in [1.807, 2.05) is 17.9 Å². The Bertz CT molecular complexity index is 584. The Balaban J connectivity index is 0.00000288. The van der Waals surface area contributed by atoms with Crippen LogP contribution in [0.15, 0.2) is 18.2 Å². The number of amides is 1. The predicted octanol–water partition coefficient (Wildman–Crippen LogP) is 2.70. The molecule has 0 bridgehead atoms. The Morgan fingerprint density at radius 3 is 2.42 bits per heavy atom. The minimum atomic E-state index is -0.725. The zero-order valence-corrected chi connectivity index (χ0v) is 15.4. The lowest BCUT2D eigenvalue weighted by Gasteiger charge is -2.29. The van der Waals surface area contributed by atoms with E-state index in [4.69, 9.17) is 5.11 Å². The molecule has 0 saturated carbocycles. The third kappa shape index (κ3) is 5.49. The summed E-state index contributed by atoms with van der Waals surface area (Å²) in [5.41, 5.74) is 3.57. The Morgan fingerprint density at radius 2 is 1.88 bits per heavy atom. The first-order chi connectivity index (χ1) is 10.9. The van der Waals surface area contributed by atoms with E-state index in [1.165, 1.54) is 11.1 Å². The number of rotatable bonds is 5. The average Bonchev–Trinajstić information content (AvgIpc) is 2.50. The van der Waals surface area contributed by atoms with Gasteiger partial charge in [-0.1, -0.05) is 18.2 Å². The Hall–Kier alpha value is -1.59. The highest BCUT2D eigenvalue weighted by Crippen LogP contribution is 2.18. The fourth-order valence-corrected chi connectivity index (χ4v) is 2.95. The van der Waals surface area contributed by atoms with Crippen molar-refractivity contribution in [3.05, 3.63) is 34.9 Å². The number of carbonyl (C=O) groups is 2. The molecule has 2 N–H and O–H groups in total. The van der Waals surface area contributed by atoms with Gasteiger partial charge in [0.25, 0.3) is 0 Å². The van der Waals surface area contributed by atoms with Crippen molar-refractivity contribution in [1.82, 2.24) is 10.2 Å². The van der Waals surface area contributed by atoms with Gasteiger partial charge in [-0.3, -0.25) is 14.5 Å². The van der Waals surface area contributed by atoms with E-state index < -0.39 is 5.97 Å². The fraction of sp³-hybridized carbons (Fsp3) is 0.556. The summed E-state index contributed by atoms with van der Waals surface area (Å²) in [6.45, 7) is 7.80. The van der Waals surface area contributed by atoms with Crippen molar-refractivity contribution in [1.29, 1.82) is 0 Å². The number of piperidine rings is 1. The van der Waals surface area contributed by atoms with Crippen LogP contribution in [-0.2, 0) is 9.59 Å². The summed E-state index contributed by atoms with van der Waals surface area (Å²) in [7, 11) is 0. The normalized spacial score (nSPS) is 17.0. The molecule has 5 nitrogen and oxygen atoms in total. The lowest BCUT2D eigenvalue weighted by molar-refractivity contribution is -0.143. The van der Waals surface area contributed by atoms with E-state index in [-0.39, 0.29) is 30.3 Å². The highest BCUT2D eigenvalue weighted by Gasteiger charge is 2.25. The molecular formula is C18H27ClN2O3. The number of nitrogens with zero attached hydrogens (tertiary/aromatic N) is 1. The summed E-state index contributed by atoms with van der Waals surface area (Å²) in [5.74, 6) is -0.995. The SMILES string of the molecule is Cc1ccc(C(C)NC(=O)CN2CCC(C(=O)O)CC2)cc1C.Cl. The molecule has 2 rings (SSSR count). The van der Waals surface area contributed by atoms with Gasteiger partial charge in [-0.05, 0) is 63.4 Å². The molecule has 0 aliphatic carbocycles. The second-order valence-corrected chi connectivity index (χ2v) is 6.52. The van der Waals surface area contributed by atoms with E-state index in [9.17, 15) is 9.59 Å². The summed E-state index contributed by atoms with van der Waals surface area (Å²) in [6.07, 6.45) is 1.24. The summed E-state index contributed by atoms with van der Waals surface area (Å²) in [4.78, 5) is 25.2. The van der Waals surface area contributed by atoms with E-state index in [1.54, 1.807) is 0 Å². The molecule has 1 aromatic rings. The van der Waals surface area contributed by atoms with Crippen molar-refractivity contribution >= 4 is 24.3 Å². The van der Waals surface area contributed by atoms with Crippen LogP contribution in [0.5, 0.6) is 0 Å². The molecule has 134 valence electrons. The molecule has 1 saturated heterocycles. The van der Waals surface area contributed by atoms with Gasteiger partial charge in [0.2, 0.25) is 5.91 Å². The number of nitrogens with one attached hydrogen (secondary N) is 1. The van der Waals surface area contributed by atoms with Crippen LogP contribution in [0, 0.1) is 19.8 Å². The first-order valence-electron chi connectivity index (χ1n) is 8.18. The molecule has 1 atom stereocenters. The van der Waals surface area contributed by atoms with Crippen molar-refractivity contribution in [2.45, 2.75) is 39.7 Å². The molecule has 1 aromatic carbocycles. The van der Waals surface area contributed by atoms with Crippen molar-refractivity contribution in [3.63, 3.8) is 0 Å². The smallest absolute Gasteiger partial charge is 0.306 e. The predicted molar refractivity (Wildman–Crippen MR) is 96.5 cm³/mol. The van der Waals surface area contributed by atoms with Crippen LogP contribution in [0.25, 0.3) is 0 Å². The number of aliphatic carboxylic acids is 1. The monoisotopic (exact) mass is 354 g/mol. The standard InChI is InChI=1S/C18H26N2O3.ClH/c1-12-4-5-16(10-13(12)2)14(3)19-17(21)11-20-8-6-15(7-9-20)18(22)23;/h4-5,10,14-15H,6-9,11H2,1-3H3,(H,19,21)(H,22,23);1H. The van der Waals surface area contributed by atoms with E-state index in [0.717, 1.165) is 5.56 Å². The number of benzene rings is 1. The third-order valence-corrected chi connectivity index (χ3v) is 4.71. The Morgan fingerprint density at radius 1 is 1.25 bits per heavy atom. The van der Waals surface area contributed by atoms with Gasteiger partial charge in [-0.2, -0.15) is 0 Å². The largest absolute Gasteiger partial charge is 0.481 e. The Labute approximate surface area is 149 Å². The molecule has 0 aromatic heterocycles. The van der Waals surface area contributed by atoms with Crippen LogP contribution in [0.2, 0.25) is 0 Å².